The van der Waals surface area contributed by atoms with E-state index in [4.69, 9.17) is 5.11 Å². The summed E-state index contributed by atoms with van der Waals surface area (Å²) in [5, 5.41) is 8.59. The van der Waals surface area contributed by atoms with E-state index in [0.29, 0.717) is 0 Å². The molecule has 0 aromatic heterocycles. The number of halogens is 1. The molecular weight excluding hydrogens is 253 g/mol. The number of nitrogens with zero attached hydrogens (tertiary/aromatic N) is 1. The van der Waals surface area contributed by atoms with E-state index in [1.165, 1.54) is 4.90 Å². The number of likely N-dealkylation sites (tertiary alicyclic amines) is 1. The van der Waals surface area contributed by atoms with E-state index in [-0.39, 0.29) is 25.3 Å². The van der Waals surface area contributed by atoms with Gasteiger partial charge in [-0.2, -0.15) is 8.42 Å². The van der Waals surface area contributed by atoms with Gasteiger partial charge in [0.05, 0.1) is 12.2 Å². The second-order valence-electron chi connectivity index (χ2n) is 4.27. The van der Waals surface area contributed by atoms with Gasteiger partial charge in [0.25, 0.3) is 0 Å². The van der Waals surface area contributed by atoms with Gasteiger partial charge in [0, 0.05) is 24.9 Å². The first-order valence-electron chi connectivity index (χ1n) is 5.12. The van der Waals surface area contributed by atoms with Crippen LogP contribution in [0.25, 0.3) is 0 Å². The first kappa shape index (κ1) is 13.9. The van der Waals surface area contributed by atoms with E-state index >= 15 is 0 Å². The monoisotopic (exact) mass is 267 g/mol. The van der Waals surface area contributed by atoms with Crippen molar-refractivity contribution in [3.05, 3.63) is 0 Å². The fourth-order valence-electron chi connectivity index (χ4n) is 1.99. The van der Waals surface area contributed by atoms with Gasteiger partial charge in [-0.1, -0.05) is 0 Å². The van der Waals surface area contributed by atoms with Crippen molar-refractivity contribution in [2.45, 2.75) is 25.8 Å². The van der Waals surface area contributed by atoms with Gasteiger partial charge in [0.1, 0.15) is 0 Å². The molecule has 1 heterocycles. The average Bonchev–Trinajstić information content (AvgIpc) is 2.41. The van der Waals surface area contributed by atoms with Crippen LogP contribution >= 0.6 is 0 Å². The minimum atomic E-state index is -4.60. The van der Waals surface area contributed by atoms with Crippen LogP contribution in [0, 0.1) is 5.92 Å². The van der Waals surface area contributed by atoms with Gasteiger partial charge >= 0.3 is 16.2 Å². The molecule has 98 valence electrons. The zero-order valence-electron chi connectivity index (χ0n) is 9.30. The predicted octanol–water partition coefficient (Wildman–Crippen LogP) is -0.00260. The van der Waals surface area contributed by atoms with E-state index in [9.17, 15) is 21.9 Å². The van der Waals surface area contributed by atoms with Gasteiger partial charge in [-0.15, -0.1) is 3.89 Å². The third kappa shape index (κ3) is 4.29. The summed E-state index contributed by atoms with van der Waals surface area (Å²) in [6.45, 7) is 1.66. The Morgan fingerprint density at radius 3 is 2.71 bits per heavy atom. The van der Waals surface area contributed by atoms with Crippen LogP contribution < -0.4 is 0 Å². The maximum Gasteiger partial charge on any atom is 0.305 e. The van der Waals surface area contributed by atoms with Crippen molar-refractivity contribution in [2.75, 3.05) is 12.3 Å². The molecule has 1 aliphatic rings. The Kier molecular flexibility index (Phi) is 4.07. The van der Waals surface area contributed by atoms with Crippen molar-refractivity contribution >= 4 is 22.1 Å². The SMILES string of the molecule is C[C@H](CC(=O)O)N1CC(CS(=O)(=O)F)CC1=O. The molecule has 0 saturated carbocycles. The van der Waals surface area contributed by atoms with Crippen molar-refractivity contribution in [3.63, 3.8) is 0 Å². The standard InChI is InChI=1S/C9H14FNO5S/c1-6(2-9(13)14)11-4-7(3-8(11)12)5-17(10,15)16/h6-7H,2-5H2,1H3,(H,13,14)/t6-,7?/m1/s1. The van der Waals surface area contributed by atoms with Gasteiger partial charge < -0.3 is 10.0 Å². The number of aliphatic carboxylic acids is 1. The molecule has 0 aromatic carbocycles. The maximum atomic E-state index is 12.5. The van der Waals surface area contributed by atoms with Gasteiger partial charge in [-0.25, -0.2) is 0 Å². The number of carbonyl (C=O) groups excluding carboxylic acids is 1. The van der Waals surface area contributed by atoms with Crippen LogP contribution in [0.4, 0.5) is 3.89 Å². The lowest BCUT2D eigenvalue weighted by Crippen LogP contribution is -2.36. The maximum absolute atomic E-state index is 12.5. The van der Waals surface area contributed by atoms with Crippen molar-refractivity contribution in [1.29, 1.82) is 0 Å². The quantitative estimate of drug-likeness (QED) is 0.708. The first-order chi connectivity index (χ1) is 7.69. The van der Waals surface area contributed by atoms with Crippen LogP contribution in [0.15, 0.2) is 0 Å². The lowest BCUT2D eigenvalue weighted by atomic mass is 10.1. The van der Waals surface area contributed by atoms with Gasteiger partial charge in [-0.05, 0) is 6.92 Å². The van der Waals surface area contributed by atoms with Crippen LogP contribution in [0.5, 0.6) is 0 Å². The topological polar surface area (TPSA) is 91.8 Å². The summed E-state index contributed by atoms with van der Waals surface area (Å²) in [6.07, 6.45) is -0.256. The fraction of sp³-hybridized carbons (Fsp3) is 0.778. The second kappa shape index (κ2) is 4.99. The van der Waals surface area contributed by atoms with Crippen LogP contribution in [0.3, 0.4) is 0 Å². The molecule has 1 aliphatic heterocycles. The molecule has 1 rings (SSSR count). The van der Waals surface area contributed by atoms with Crippen molar-refractivity contribution in [2.24, 2.45) is 5.92 Å². The van der Waals surface area contributed by atoms with Crippen LogP contribution in [-0.4, -0.2) is 48.6 Å². The number of amides is 1. The zero-order chi connectivity index (χ0) is 13.2. The number of carboxylic acids is 1. The Morgan fingerprint density at radius 2 is 2.24 bits per heavy atom. The molecule has 8 heteroatoms. The molecule has 2 atom stereocenters. The first-order valence-corrected chi connectivity index (χ1v) is 6.68. The molecule has 1 fully saturated rings. The summed E-state index contributed by atoms with van der Waals surface area (Å²) < 4.78 is 33.4. The molecular formula is C9H14FNO5S. The molecule has 6 nitrogen and oxygen atoms in total. The Balaban J connectivity index is 2.61. The van der Waals surface area contributed by atoms with Gasteiger partial charge in [0.2, 0.25) is 5.91 Å². The predicted molar refractivity (Wildman–Crippen MR) is 56.4 cm³/mol. The molecule has 0 radical (unpaired) electrons. The molecule has 0 spiro atoms. The number of rotatable bonds is 5. The van der Waals surface area contributed by atoms with Crippen molar-refractivity contribution < 1.29 is 27.0 Å². The van der Waals surface area contributed by atoms with E-state index in [0.717, 1.165) is 0 Å². The minimum absolute atomic E-state index is 0.0485. The highest BCUT2D eigenvalue weighted by molar-refractivity contribution is 7.86. The molecule has 0 aromatic rings. The highest BCUT2D eigenvalue weighted by Gasteiger charge is 2.35. The lowest BCUT2D eigenvalue weighted by molar-refractivity contribution is -0.139. The normalized spacial score (nSPS) is 22.8. The molecule has 1 unspecified atom stereocenters. The molecule has 0 aliphatic carbocycles. The number of hydrogen-bond acceptors (Lipinski definition) is 4. The fourth-order valence-corrected chi connectivity index (χ4v) is 2.78. The number of hydrogen-bond donors (Lipinski definition) is 1. The number of carbonyl (C=O) groups is 2. The van der Waals surface area contributed by atoms with Gasteiger partial charge in [-0.3, -0.25) is 9.59 Å². The van der Waals surface area contributed by atoms with E-state index in [1.54, 1.807) is 6.92 Å². The Labute approximate surface area is 98.6 Å². The highest BCUT2D eigenvalue weighted by atomic mass is 32.3. The third-order valence-corrected chi connectivity index (χ3v) is 3.54. The Bertz CT molecular complexity index is 421. The van der Waals surface area contributed by atoms with Crippen molar-refractivity contribution in [1.82, 2.24) is 4.90 Å². The molecule has 0 bridgehead atoms. The third-order valence-electron chi connectivity index (χ3n) is 2.68. The van der Waals surface area contributed by atoms with Crippen molar-refractivity contribution in [3.8, 4) is 0 Å². The zero-order valence-corrected chi connectivity index (χ0v) is 10.1. The summed E-state index contributed by atoms with van der Waals surface area (Å²) in [5.41, 5.74) is 0. The Hall–Kier alpha value is -1.18. The summed E-state index contributed by atoms with van der Waals surface area (Å²) in [6, 6.07) is -0.507. The summed E-state index contributed by atoms with van der Waals surface area (Å²) in [4.78, 5) is 23.3. The number of carboxylic acid groups (broad SMARTS) is 1. The van der Waals surface area contributed by atoms with E-state index in [2.05, 4.69) is 0 Å². The summed E-state index contributed by atoms with van der Waals surface area (Å²) in [7, 11) is -4.60. The molecule has 1 N–H and O–H groups in total. The highest BCUT2D eigenvalue weighted by Crippen LogP contribution is 2.23. The van der Waals surface area contributed by atoms with Gasteiger partial charge in [0.15, 0.2) is 0 Å². The molecule has 1 amide bonds. The Morgan fingerprint density at radius 1 is 1.65 bits per heavy atom. The van der Waals surface area contributed by atoms with Crippen LogP contribution in [-0.2, 0) is 19.8 Å². The minimum Gasteiger partial charge on any atom is -0.481 e. The lowest BCUT2D eigenvalue weighted by Gasteiger charge is -2.23. The summed E-state index contributed by atoms with van der Waals surface area (Å²) >= 11 is 0. The average molecular weight is 267 g/mol. The molecule has 1 saturated heterocycles. The second-order valence-corrected chi connectivity index (χ2v) is 5.68. The smallest absolute Gasteiger partial charge is 0.305 e. The van der Waals surface area contributed by atoms with E-state index in [1.807, 2.05) is 0 Å². The van der Waals surface area contributed by atoms with Crippen LogP contribution in [0.1, 0.15) is 19.8 Å². The largest absolute Gasteiger partial charge is 0.481 e. The summed E-state index contributed by atoms with van der Waals surface area (Å²) in [5.74, 6) is -2.64. The van der Waals surface area contributed by atoms with Crippen LogP contribution in [0.2, 0.25) is 0 Å². The molecule has 17 heavy (non-hydrogen) atoms. The van der Waals surface area contributed by atoms with E-state index < -0.39 is 33.9 Å².